The molecule has 3 amide bonds. The van der Waals surface area contributed by atoms with Crippen LogP contribution in [0.15, 0.2) is 65.5 Å². The molecule has 3 aromatic rings. The molecule has 6 rings (SSSR count). The number of hydrogen-bond acceptors (Lipinski definition) is 4. The van der Waals surface area contributed by atoms with Gasteiger partial charge in [0.1, 0.15) is 5.69 Å². The van der Waals surface area contributed by atoms with Gasteiger partial charge in [0.15, 0.2) is 0 Å². The number of carbonyl (C=O) groups is 2. The largest absolute Gasteiger partial charge is 0.493 e. The maximum absolute atomic E-state index is 13.4. The zero-order valence-electron chi connectivity index (χ0n) is 21.5. The molecular formula is C29H33N5O4. The van der Waals surface area contributed by atoms with Crippen molar-refractivity contribution in [2.75, 3.05) is 19.6 Å². The van der Waals surface area contributed by atoms with E-state index in [2.05, 4.69) is 17.4 Å². The number of rotatable bonds is 4. The van der Waals surface area contributed by atoms with Crippen LogP contribution in [0.25, 0.3) is 0 Å². The van der Waals surface area contributed by atoms with Crippen LogP contribution >= 0.6 is 0 Å². The van der Waals surface area contributed by atoms with Crippen LogP contribution < -0.4 is 11.0 Å². The molecule has 2 aromatic carbocycles. The van der Waals surface area contributed by atoms with Gasteiger partial charge in [0.25, 0.3) is 0 Å². The monoisotopic (exact) mass is 515 g/mol. The van der Waals surface area contributed by atoms with E-state index in [0.29, 0.717) is 38.3 Å². The Morgan fingerprint density at radius 3 is 2.21 bits per heavy atom. The molecule has 198 valence electrons. The summed E-state index contributed by atoms with van der Waals surface area (Å²) in [6.07, 6.45) is 1.47. The Hall–Kier alpha value is -4.01. The standard InChI is InChI=1S/C29H33N5O4/c1-19(35)31-13-12-24(23(17-31)21-10-6-3-7-11-21)30-28(37)32-14-15-33-26(18-32)27(36)34(29(33)38)25-16-22(25)20-8-4-2-5-9-20/h2-11,22-25,36H,12-18H2,1H3,(H,30,37)/t22-,23?,24?,25+/m1/s1. The summed E-state index contributed by atoms with van der Waals surface area (Å²) in [6.45, 7) is 3.63. The fourth-order valence-corrected chi connectivity index (χ4v) is 6.16. The highest BCUT2D eigenvalue weighted by atomic mass is 16.3. The zero-order valence-corrected chi connectivity index (χ0v) is 21.5. The molecule has 0 spiro atoms. The van der Waals surface area contributed by atoms with Gasteiger partial charge in [-0.3, -0.25) is 13.9 Å². The second kappa shape index (κ2) is 9.70. The minimum Gasteiger partial charge on any atom is -0.493 e. The van der Waals surface area contributed by atoms with Crippen LogP contribution in [0.4, 0.5) is 4.79 Å². The number of nitrogens with zero attached hydrogens (tertiary/aromatic N) is 4. The van der Waals surface area contributed by atoms with E-state index in [9.17, 15) is 19.5 Å². The molecule has 2 unspecified atom stereocenters. The minimum absolute atomic E-state index is 0.0138. The quantitative estimate of drug-likeness (QED) is 0.558. The lowest BCUT2D eigenvalue weighted by Crippen LogP contribution is -2.54. The molecule has 0 radical (unpaired) electrons. The number of amides is 3. The van der Waals surface area contributed by atoms with Crippen LogP contribution in [0.3, 0.4) is 0 Å². The first-order chi connectivity index (χ1) is 18.4. The van der Waals surface area contributed by atoms with E-state index >= 15 is 0 Å². The van der Waals surface area contributed by atoms with Crippen molar-refractivity contribution in [3.63, 3.8) is 0 Å². The van der Waals surface area contributed by atoms with Gasteiger partial charge >= 0.3 is 11.7 Å². The van der Waals surface area contributed by atoms with Crippen molar-refractivity contribution in [1.82, 2.24) is 24.3 Å². The summed E-state index contributed by atoms with van der Waals surface area (Å²) in [4.78, 5) is 42.2. The zero-order chi connectivity index (χ0) is 26.4. The normalized spacial score (nSPS) is 24.6. The van der Waals surface area contributed by atoms with Gasteiger partial charge in [0.2, 0.25) is 11.8 Å². The number of likely N-dealkylation sites (tertiary alicyclic amines) is 1. The molecule has 9 nitrogen and oxygen atoms in total. The summed E-state index contributed by atoms with van der Waals surface area (Å²) in [5, 5.41) is 14.3. The lowest BCUT2D eigenvalue weighted by molar-refractivity contribution is -0.130. The SMILES string of the molecule is CC(=O)N1CCC(NC(=O)N2CCn3c(c(O)n([C@H]4C[C@@H]4c4ccccc4)c3=O)C2)C(c2ccccc2)C1. The Bertz CT molecular complexity index is 1400. The van der Waals surface area contributed by atoms with Crippen LogP contribution in [0.2, 0.25) is 0 Å². The highest BCUT2D eigenvalue weighted by Gasteiger charge is 2.44. The van der Waals surface area contributed by atoms with Gasteiger partial charge in [-0.05, 0) is 24.0 Å². The topological polar surface area (TPSA) is 99.8 Å². The van der Waals surface area contributed by atoms with E-state index < -0.39 is 0 Å². The number of fused-ring (bicyclic) bond motifs is 1. The van der Waals surface area contributed by atoms with Crippen molar-refractivity contribution >= 4 is 11.9 Å². The lowest BCUT2D eigenvalue weighted by atomic mass is 9.86. The summed E-state index contributed by atoms with van der Waals surface area (Å²) in [6, 6.07) is 19.6. The number of hydrogen-bond donors (Lipinski definition) is 2. The Kier molecular flexibility index (Phi) is 6.21. The van der Waals surface area contributed by atoms with Crippen LogP contribution in [0, 0.1) is 0 Å². The van der Waals surface area contributed by atoms with Crippen molar-refractivity contribution in [1.29, 1.82) is 0 Å². The fourth-order valence-electron chi connectivity index (χ4n) is 6.16. The molecule has 3 heterocycles. The molecule has 3 aliphatic rings. The van der Waals surface area contributed by atoms with Gasteiger partial charge < -0.3 is 20.2 Å². The van der Waals surface area contributed by atoms with E-state index in [1.807, 2.05) is 53.4 Å². The van der Waals surface area contributed by atoms with Gasteiger partial charge in [0, 0.05) is 57.0 Å². The van der Waals surface area contributed by atoms with Gasteiger partial charge in [-0.1, -0.05) is 60.7 Å². The smallest absolute Gasteiger partial charge is 0.331 e. The first-order valence-electron chi connectivity index (χ1n) is 13.4. The Labute approximate surface area is 221 Å². The molecule has 2 N–H and O–H groups in total. The molecule has 4 atom stereocenters. The molecule has 2 aliphatic heterocycles. The highest BCUT2D eigenvalue weighted by molar-refractivity contribution is 5.75. The molecule has 1 saturated heterocycles. The van der Waals surface area contributed by atoms with Gasteiger partial charge in [-0.15, -0.1) is 0 Å². The third kappa shape index (κ3) is 4.36. The van der Waals surface area contributed by atoms with E-state index in [1.54, 1.807) is 16.4 Å². The van der Waals surface area contributed by atoms with Crippen molar-refractivity contribution in [2.24, 2.45) is 0 Å². The van der Waals surface area contributed by atoms with E-state index in [4.69, 9.17) is 0 Å². The highest BCUT2D eigenvalue weighted by Crippen LogP contribution is 2.52. The van der Waals surface area contributed by atoms with E-state index in [0.717, 1.165) is 17.5 Å². The molecule has 0 bridgehead atoms. The van der Waals surface area contributed by atoms with Crippen LogP contribution in [-0.2, 0) is 17.9 Å². The maximum atomic E-state index is 13.4. The lowest BCUT2D eigenvalue weighted by Gasteiger charge is -2.40. The molecule has 1 aromatic heterocycles. The summed E-state index contributed by atoms with van der Waals surface area (Å²) in [5.41, 5.74) is 2.53. The number of urea groups is 1. The van der Waals surface area contributed by atoms with E-state index in [1.165, 1.54) is 4.57 Å². The number of carbonyl (C=O) groups excluding carboxylic acids is 2. The third-order valence-electron chi connectivity index (χ3n) is 8.38. The van der Waals surface area contributed by atoms with Gasteiger partial charge in [-0.2, -0.15) is 0 Å². The number of aromatic nitrogens is 2. The number of benzene rings is 2. The molecule has 38 heavy (non-hydrogen) atoms. The number of piperidine rings is 1. The maximum Gasteiger partial charge on any atom is 0.331 e. The minimum atomic E-state index is -0.216. The first-order valence-corrected chi connectivity index (χ1v) is 13.4. The van der Waals surface area contributed by atoms with E-state index in [-0.39, 0.29) is 54.0 Å². The average Bonchev–Trinajstić information content (AvgIpc) is 3.69. The molecule has 1 saturated carbocycles. The predicted octanol–water partition coefficient (Wildman–Crippen LogP) is 3.01. The Balaban J connectivity index is 1.18. The van der Waals surface area contributed by atoms with Crippen LogP contribution in [0.5, 0.6) is 5.88 Å². The summed E-state index contributed by atoms with van der Waals surface area (Å²) in [7, 11) is 0. The molecule has 2 fully saturated rings. The van der Waals surface area contributed by atoms with Gasteiger partial charge in [0.05, 0.1) is 6.54 Å². The molecular weight excluding hydrogens is 482 g/mol. The summed E-state index contributed by atoms with van der Waals surface area (Å²) in [5.74, 6) is 0.196. The number of nitrogens with one attached hydrogen (secondary N) is 1. The first kappa shape index (κ1) is 24.3. The van der Waals surface area contributed by atoms with Crippen molar-refractivity contribution in [3.8, 4) is 5.88 Å². The average molecular weight is 516 g/mol. The summed E-state index contributed by atoms with van der Waals surface area (Å²) >= 11 is 0. The third-order valence-corrected chi connectivity index (χ3v) is 8.38. The van der Waals surface area contributed by atoms with Crippen molar-refractivity contribution < 1.29 is 14.7 Å². The predicted molar refractivity (Wildman–Crippen MR) is 142 cm³/mol. The summed E-state index contributed by atoms with van der Waals surface area (Å²) < 4.78 is 3.12. The van der Waals surface area contributed by atoms with Crippen LogP contribution in [0.1, 0.15) is 54.5 Å². The molecule has 1 aliphatic carbocycles. The molecule has 9 heteroatoms. The Morgan fingerprint density at radius 1 is 0.895 bits per heavy atom. The second-order valence-electron chi connectivity index (χ2n) is 10.6. The Morgan fingerprint density at radius 2 is 1.55 bits per heavy atom. The number of aromatic hydroxyl groups is 1. The second-order valence-corrected chi connectivity index (χ2v) is 10.6. The number of imidazole rings is 1. The fraction of sp³-hybridized carbons (Fsp3) is 0.414. The van der Waals surface area contributed by atoms with Crippen LogP contribution in [-0.4, -0.2) is 61.7 Å². The van der Waals surface area contributed by atoms with Gasteiger partial charge in [-0.25, -0.2) is 9.59 Å². The van der Waals surface area contributed by atoms with Crippen molar-refractivity contribution in [3.05, 3.63) is 88.0 Å². The van der Waals surface area contributed by atoms with Crippen molar-refractivity contribution in [2.45, 2.75) is 56.8 Å².